The fourth-order valence-corrected chi connectivity index (χ4v) is 0.995. The maximum atomic E-state index is 11.4. The van der Waals surface area contributed by atoms with Crippen LogP contribution in [0.4, 0.5) is 0 Å². The van der Waals surface area contributed by atoms with Crippen LogP contribution in [-0.2, 0) is 0 Å². The molecule has 1 atom stereocenters. The van der Waals surface area contributed by atoms with Crippen LogP contribution in [0.5, 0.6) is 0 Å². The zero-order chi connectivity index (χ0) is 10.4. The van der Waals surface area contributed by atoms with Crippen molar-refractivity contribution >= 4 is 5.91 Å². The van der Waals surface area contributed by atoms with Crippen LogP contribution in [0.3, 0.4) is 0 Å². The molecule has 1 rings (SSSR count). The van der Waals surface area contributed by atoms with Crippen molar-refractivity contribution in [2.45, 2.75) is 19.4 Å². The topological polar surface area (TPSA) is 49.3 Å². The van der Waals surface area contributed by atoms with Gasteiger partial charge in [-0.3, -0.25) is 4.79 Å². The molecule has 1 unspecified atom stereocenters. The van der Waals surface area contributed by atoms with Crippen molar-refractivity contribution in [3.05, 3.63) is 35.9 Å². The first kappa shape index (κ1) is 10.7. The van der Waals surface area contributed by atoms with E-state index in [9.17, 15) is 9.90 Å². The molecule has 1 aromatic rings. The van der Waals surface area contributed by atoms with Crippen molar-refractivity contribution in [2.24, 2.45) is 0 Å². The average molecular weight is 192 g/mol. The van der Waals surface area contributed by atoms with Gasteiger partial charge in [-0.15, -0.1) is 0 Å². The third-order valence-electron chi connectivity index (χ3n) is 1.95. The number of carbonyl (C=O) groups excluding carboxylic acids is 1. The number of aliphatic hydroxyl groups is 1. The molecular weight excluding hydrogens is 178 g/mol. The van der Waals surface area contributed by atoms with Gasteiger partial charge in [0.05, 0.1) is 6.10 Å². The smallest absolute Gasteiger partial charge is 0.251 e. The van der Waals surface area contributed by atoms with E-state index in [-0.39, 0.29) is 5.91 Å². The van der Waals surface area contributed by atoms with E-state index in [1.54, 1.807) is 24.3 Å². The van der Waals surface area contributed by atoms with E-state index < -0.39 is 6.10 Å². The average Bonchev–Trinajstić information content (AvgIpc) is 2.26. The SMILES string of the molecule is CCC(O)CNC(=O)c1cc[c]cc1. The second-order valence-electron chi connectivity index (χ2n) is 3.06. The van der Waals surface area contributed by atoms with Gasteiger partial charge >= 0.3 is 0 Å². The molecular formula is C11H14NO2. The summed E-state index contributed by atoms with van der Waals surface area (Å²) in [4.78, 5) is 11.4. The van der Waals surface area contributed by atoms with Crippen LogP contribution in [0.15, 0.2) is 24.3 Å². The molecule has 0 saturated heterocycles. The molecule has 0 heterocycles. The molecule has 1 radical (unpaired) electrons. The van der Waals surface area contributed by atoms with Crippen molar-refractivity contribution in [1.82, 2.24) is 5.32 Å². The maximum Gasteiger partial charge on any atom is 0.251 e. The van der Waals surface area contributed by atoms with Crippen LogP contribution in [-0.4, -0.2) is 23.7 Å². The van der Waals surface area contributed by atoms with E-state index in [1.165, 1.54) is 0 Å². The largest absolute Gasteiger partial charge is 0.391 e. The fraction of sp³-hybridized carbons (Fsp3) is 0.364. The molecule has 2 N–H and O–H groups in total. The van der Waals surface area contributed by atoms with Crippen LogP contribution in [0.1, 0.15) is 23.7 Å². The minimum Gasteiger partial charge on any atom is -0.391 e. The predicted molar refractivity (Wildman–Crippen MR) is 53.9 cm³/mol. The Morgan fingerprint density at radius 2 is 2.21 bits per heavy atom. The van der Waals surface area contributed by atoms with Gasteiger partial charge in [-0.25, -0.2) is 0 Å². The van der Waals surface area contributed by atoms with Crippen molar-refractivity contribution in [3.8, 4) is 0 Å². The highest BCUT2D eigenvalue weighted by atomic mass is 16.3. The number of benzene rings is 1. The highest BCUT2D eigenvalue weighted by molar-refractivity contribution is 5.94. The Kier molecular flexibility index (Phi) is 4.13. The fourth-order valence-electron chi connectivity index (χ4n) is 0.995. The van der Waals surface area contributed by atoms with Gasteiger partial charge < -0.3 is 10.4 Å². The number of hydrogen-bond acceptors (Lipinski definition) is 2. The lowest BCUT2D eigenvalue weighted by Crippen LogP contribution is -2.31. The van der Waals surface area contributed by atoms with Gasteiger partial charge in [-0.2, -0.15) is 0 Å². The first-order valence-electron chi connectivity index (χ1n) is 4.66. The van der Waals surface area contributed by atoms with Crippen LogP contribution >= 0.6 is 0 Å². The van der Waals surface area contributed by atoms with Crippen LogP contribution in [0.25, 0.3) is 0 Å². The van der Waals surface area contributed by atoms with E-state index in [1.807, 2.05) is 6.92 Å². The monoisotopic (exact) mass is 192 g/mol. The summed E-state index contributed by atoms with van der Waals surface area (Å²) >= 11 is 0. The quantitative estimate of drug-likeness (QED) is 0.747. The Balaban J connectivity index is 2.44. The Labute approximate surface area is 83.8 Å². The zero-order valence-electron chi connectivity index (χ0n) is 8.16. The van der Waals surface area contributed by atoms with E-state index >= 15 is 0 Å². The highest BCUT2D eigenvalue weighted by Crippen LogP contribution is 1.97. The number of carbonyl (C=O) groups is 1. The first-order valence-corrected chi connectivity index (χ1v) is 4.66. The van der Waals surface area contributed by atoms with Crippen LogP contribution in [0, 0.1) is 6.07 Å². The third kappa shape index (κ3) is 3.18. The first-order chi connectivity index (χ1) is 6.74. The highest BCUT2D eigenvalue weighted by Gasteiger charge is 2.06. The zero-order valence-corrected chi connectivity index (χ0v) is 8.16. The van der Waals surface area contributed by atoms with Crippen molar-refractivity contribution in [3.63, 3.8) is 0 Å². The normalized spacial score (nSPS) is 12.1. The number of amides is 1. The molecule has 0 aliphatic carbocycles. The summed E-state index contributed by atoms with van der Waals surface area (Å²) in [6.07, 6.45) is 0.178. The number of aliphatic hydroxyl groups excluding tert-OH is 1. The molecule has 3 nitrogen and oxygen atoms in total. The number of nitrogens with one attached hydrogen (secondary N) is 1. The molecule has 0 fully saturated rings. The molecule has 0 bridgehead atoms. The number of rotatable bonds is 4. The molecule has 0 aromatic heterocycles. The summed E-state index contributed by atoms with van der Waals surface area (Å²) in [5.74, 6) is -0.161. The molecule has 3 heteroatoms. The van der Waals surface area contributed by atoms with Gasteiger partial charge in [0.1, 0.15) is 0 Å². The summed E-state index contributed by atoms with van der Waals surface area (Å²) < 4.78 is 0. The summed E-state index contributed by atoms with van der Waals surface area (Å²) in [5, 5.41) is 11.9. The Hall–Kier alpha value is -1.35. The minimum atomic E-state index is -0.464. The van der Waals surface area contributed by atoms with Gasteiger partial charge in [-0.1, -0.05) is 19.1 Å². The van der Waals surface area contributed by atoms with Crippen LogP contribution < -0.4 is 5.32 Å². The molecule has 1 amide bonds. The van der Waals surface area contributed by atoms with Crippen LogP contribution in [0.2, 0.25) is 0 Å². The summed E-state index contributed by atoms with van der Waals surface area (Å²) in [6, 6.07) is 9.58. The number of hydrogen-bond donors (Lipinski definition) is 2. The second-order valence-corrected chi connectivity index (χ2v) is 3.06. The second kappa shape index (κ2) is 5.40. The van der Waals surface area contributed by atoms with Crippen molar-refractivity contribution < 1.29 is 9.90 Å². The lowest BCUT2D eigenvalue weighted by Gasteiger charge is -2.08. The Bertz CT molecular complexity index is 285. The van der Waals surface area contributed by atoms with Gasteiger partial charge in [0.25, 0.3) is 5.91 Å². The standard InChI is InChI=1S/C11H14NO2/c1-2-10(13)8-12-11(14)9-6-4-3-5-7-9/h4-7,10,13H,2,8H2,1H3,(H,12,14). The lowest BCUT2D eigenvalue weighted by molar-refractivity contribution is 0.0914. The van der Waals surface area contributed by atoms with E-state index in [2.05, 4.69) is 11.4 Å². The van der Waals surface area contributed by atoms with E-state index in [0.717, 1.165) is 0 Å². The molecule has 0 aliphatic rings. The van der Waals surface area contributed by atoms with Crippen molar-refractivity contribution in [2.75, 3.05) is 6.54 Å². The maximum absolute atomic E-state index is 11.4. The molecule has 75 valence electrons. The van der Waals surface area contributed by atoms with Gasteiger partial charge in [0.2, 0.25) is 0 Å². The van der Waals surface area contributed by atoms with Gasteiger partial charge in [0, 0.05) is 12.1 Å². The molecule has 0 spiro atoms. The predicted octanol–water partition coefficient (Wildman–Crippen LogP) is 0.987. The third-order valence-corrected chi connectivity index (χ3v) is 1.95. The van der Waals surface area contributed by atoms with Gasteiger partial charge in [-0.05, 0) is 24.6 Å². The van der Waals surface area contributed by atoms with E-state index in [0.29, 0.717) is 18.5 Å². The molecule has 0 saturated carbocycles. The minimum absolute atomic E-state index is 0.161. The van der Waals surface area contributed by atoms with Crippen molar-refractivity contribution in [1.29, 1.82) is 0 Å². The molecule has 14 heavy (non-hydrogen) atoms. The lowest BCUT2D eigenvalue weighted by atomic mass is 10.2. The summed E-state index contributed by atoms with van der Waals surface area (Å²) in [7, 11) is 0. The van der Waals surface area contributed by atoms with E-state index in [4.69, 9.17) is 0 Å². The molecule has 1 aromatic carbocycles. The van der Waals surface area contributed by atoms with Gasteiger partial charge in [0.15, 0.2) is 0 Å². The molecule has 0 aliphatic heterocycles. The Morgan fingerprint density at radius 3 is 2.79 bits per heavy atom. The summed E-state index contributed by atoms with van der Waals surface area (Å²) in [5.41, 5.74) is 0.590. The summed E-state index contributed by atoms with van der Waals surface area (Å²) in [6.45, 7) is 2.17. The Morgan fingerprint density at radius 1 is 1.57 bits per heavy atom.